The number of piperidine rings is 1. The third-order valence-corrected chi connectivity index (χ3v) is 4.11. The summed E-state index contributed by atoms with van der Waals surface area (Å²) in [5.74, 6) is 0.756. The third kappa shape index (κ3) is 3.47. The minimum Gasteiger partial charge on any atom is -0.313 e. The van der Waals surface area contributed by atoms with E-state index < -0.39 is 0 Å². The number of rotatable bonds is 3. The largest absolute Gasteiger partial charge is 0.313 e. The highest BCUT2D eigenvalue weighted by Gasteiger charge is 2.30. The highest BCUT2D eigenvalue weighted by molar-refractivity contribution is 6.30. The molecule has 0 amide bonds. The fourth-order valence-corrected chi connectivity index (χ4v) is 2.91. The van der Waals surface area contributed by atoms with Gasteiger partial charge in [0.2, 0.25) is 0 Å². The van der Waals surface area contributed by atoms with Gasteiger partial charge < -0.3 is 5.73 Å². The first-order valence-corrected chi connectivity index (χ1v) is 7.13. The number of halogens is 1. The molecule has 0 saturated carbocycles. The first-order valence-electron chi connectivity index (χ1n) is 6.76. The second-order valence-corrected chi connectivity index (χ2v) is 6.29. The summed E-state index contributed by atoms with van der Waals surface area (Å²) in [5, 5.41) is 0.782. The topological polar surface area (TPSA) is 29.3 Å². The molecule has 2 nitrogen and oxygen atoms in total. The molecule has 2 atom stereocenters. The van der Waals surface area contributed by atoms with E-state index >= 15 is 0 Å². The summed E-state index contributed by atoms with van der Waals surface area (Å²) in [4.78, 5) is 2.43. The fourth-order valence-electron chi connectivity index (χ4n) is 2.78. The summed E-state index contributed by atoms with van der Waals surface area (Å²) in [5.41, 5.74) is 7.51. The summed E-state index contributed by atoms with van der Waals surface area (Å²) in [6.45, 7) is 6.68. The van der Waals surface area contributed by atoms with Gasteiger partial charge >= 0.3 is 0 Å². The van der Waals surface area contributed by atoms with Crippen LogP contribution < -0.4 is 5.73 Å². The van der Waals surface area contributed by atoms with Crippen molar-refractivity contribution >= 4 is 11.6 Å². The Bertz CT molecular complexity index is 386. The van der Waals surface area contributed by atoms with E-state index in [0.29, 0.717) is 0 Å². The Morgan fingerprint density at radius 3 is 2.67 bits per heavy atom. The average Bonchev–Trinajstić information content (AvgIpc) is 2.32. The van der Waals surface area contributed by atoms with E-state index in [4.69, 9.17) is 17.3 Å². The van der Waals surface area contributed by atoms with Gasteiger partial charge in [-0.1, -0.05) is 30.7 Å². The molecule has 0 aliphatic carbocycles. The van der Waals surface area contributed by atoms with Gasteiger partial charge in [-0.2, -0.15) is 0 Å². The van der Waals surface area contributed by atoms with Crippen LogP contribution in [0.5, 0.6) is 0 Å². The van der Waals surface area contributed by atoms with Crippen LogP contribution in [-0.2, 0) is 6.42 Å². The first-order chi connectivity index (χ1) is 8.47. The number of hydrogen-bond donors (Lipinski definition) is 1. The van der Waals surface area contributed by atoms with Gasteiger partial charge in [-0.3, -0.25) is 4.90 Å². The predicted molar refractivity (Wildman–Crippen MR) is 77.7 cm³/mol. The number of nitrogens with two attached hydrogens (primary N) is 1. The normalized spacial score (nSPS) is 24.8. The molecule has 1 aromatic carbocycles. The van der Waals surface area contributed by atoms with Crippen molar-refractivity contribution < 1.29 is 0 Å². The molecule has 2 rings (SSSR count). The highest BCUT2D eigenvalue weighted by atomic mass is 35.5. The average molecular weight is 267 g/mol. The minimum absolute atomic E-state index is 0.261. The smallest absolute Gasteiger partial charge is 0.0699 e. The van der Waals surface area contributed by atoms with Gasteiger partial charge in [0.05, 0.1) is 5.66 Å². The van der Waals surface area contributed by atoms with Gasteiger partial charge in [-0.05, 0) is 49.9 Å². The van der Waals surface area contributed by atoms with Gasteiger partial charge in [0.25, 0.3) is 0 Å². The predicted octanol–water partition coefficient (Wildman–Crippen LogP) is 3.29. The Morgan fingerprint density at radius 2 is 2.06 bits per heavy atom. The lowest BCUT2D eigenvalue weighted by molar-refractivity contribution is 0.0627. The molecular weight excluding hydrogens is 244 g/mol. The number of benzene rings is 1. The molecule has 0 radical (unpaired) electrons. The van der Waals surface area contributed by atoms with Crippen LogP contribution in [0.15, 0.2) is 24.3 Å². The van der Waals surface area contributed by atoms with E-state index in [9.17, 15) is 0 Å². The van der Waals surface area contributed by atoms with Crippen molar-refractivity contribution in [3.63, 3.8) is 0 Å². The number of likely N-dealkylation sites (tertiary alicyclic amines) is 1. The second kappa shape index (κ2) is 5.60. The zero-order valence-corrected chi connectivity index (χ0v) is 12.1. The van der Waals surface area contributed by atoms with Crippen LogP contribution >= 0.6 is 11.6 Å². The van der Waals surface area contributed by atoms with E-state index in [1.807, 2.05) is 12.1 Å². The van der Waals surface area contributed by atoms with Gasteiger partial charge in [0.15, 0.2) is 0 Å². The van der Waals surface area contributed by atoms with Gasteiger partial charge in [0, 0.05) is 18.0 Å². The van der Waals surface area contributed by atoms with Gasteiger partial charge in [-0.15, -0.1) is 0 Å². The monoisotopic (exact) mass is 266 g/mol. The Labute approximate surface area is 115 Å². The highest BCUT2D eigenvalue weighted by Crippen LogP contribution is 2.24. The maximum Gasteiger partial charge on any atom is 0.0699 e. The van der Waals surface area contributed by atoms with E-state index in [1.54, 1.807) is 0 Å². The maximum atomic E-state index is 6.52. The van der Waals surface area contributed by atoms with Crippen molar-refractivity contribution in [2.75, 3.05) is 13.1 Å². The van der Waals surface area contributed by atoms with E-state index in [0.717, 1.165) is 30.5 Å². The van der Waals surface area contributed by atoms with Crippen LogP contribution in [0.2, 0.25) is 5.02 Å². The Hall–Kier alpha value is -0.570. The van der Waals surface area contributed by atoms with Crippen LogP contribution in [0, 0.1) is 5.92 Å². The quantitative estimate of drug-likeness (QED) is 0.910. The molecule has 18 heavy (non-hydrogen) atoms. The van der Waals surface area contributed by atoms with Crippen LogP contribution in [0.25, 0.3) is 0 Å². The maximum absolute atomic E-state index is 6.52. The van der Waals surface area contributed by atoms with E-state index in [-0.39, 0.29) is 5.66 Å². The lowest BCUT2D eigenvalue weighted by Crippen LogP contribution is -2.58. The van der Waals surface area contributed by atoms with Crippen molar-refractivity contribution in [2.24, 2.45) is 11.7 Å². The molecule has 0 spiro atoms. The third-order valence-electron chi connectivity index (χ3n) is 3.85. The van der Waals surface area contributed by atoms with E-state index in [1.165, 1.54) is 18.4 Å². The van der Waals surface area contributed by atoms with Gasteiger partial charge in [0.1, 0.15) is 0 Å². The lowest BCUT2D eigenvalue weighted by Gasteiger charge is -2.42. The molecule has 2 N–H and O–H groups in total. The van der Waals surface area contributed by atoms with Gasteiger partial charge in [-0.25, -0.2) is 0 Å². The van der Waals surface area contributed by atoms with Crippen LogP contribution in [0.4, 0.5) is 0 Å². The van der Waals surface area contributed by atoms with Crippen molar-refractivity contribution in [2.45, 2.75) is 38.8 Å². The van der Waals surface area contributed by atoms with E-state index in [2.05, 4.69) is 30.9 Å². The SMILES string of the molecule is CC1CCCN(C(C)(N)Cc2ccc(Cl)cc2)C1. The summed E-state index contributed by atoms with van der Waals surface area (Å²) >= 11 is 5.91. The van der Waals surface area contributed by atoms with Crippen molar-refractivity contribution in [3.8, 4) is 0 Å². The Morgan fingerprint density at radius 1 is 1.39 bits per heavy atom. The molecule has 3 heteroatoms. The molecule has 2 unspecified atom stereocenters. The summed E-state index contributed by atoms with van der Waals surface area (Å²) in [7, 11) is 0. The molecule has 0 bridgehead atoms. The zero-order valence-electron chi connectivity index (χ0n) is 11.3. The minimum atomic E-state index is -0.261. The molecule has 1 aromatic rings. The number of hydrogen-bond acceptors (Lipinski definition) is 2. The molecule has 1 saturated heterocycles. The van der Waals surface area contributed by atoms with Crippen molar-refractivity contribution in [1.29, 1.82) is 0 Å². The summed E-state index contributed by atoms with van der Waals surface area (Å²) < 4.78 is 0. The summed E-state index contributed by atoms with van der Waals surface area (Å²) in [6, 6.07) is 8.01. The number of nitrogens with zero attached hydrogens (tertiary/aromatic N) is 1. The molecule has 0 aromatic heterocycles. The molecule has 1 aliphatic rings. The zero-order chi connectivity index (χ0) is 13.2. The van der Waals surface area contributed by atoms with Crippen molar-refractivity contribution in [3.05, 3.63) is 34.9 Å². The van der Waals surface area contributed by atoms with Crippen LogP contribution in [0.3, 0.4) is 0 Å². The Balaban J connectivity index is 2.03. The fraction of sp³-hybridized carbons (Fsp3) is 0.600. The molecule has 100 valence electrons. The first kappa shape index (κ1) is 13.9. The lowest BCUT2D eigenvalue weighted by atomic mass is 9.94. The Kier molecular flexibility index (Phi) is 4.31. The molecule has 1 fully saturated rings. The molecule has 1 aliphatic heterocycles. The van der Waals surface area contributed by atoms with Crippen LogP contribution in [0.1, 0.15) is 32.3 Å². The summed E-state index contributed by atoms with van der Waals surface area (Å²) in [6.07, 6.45) is 3.46. The second-order valence-electron chi connectivity index (χ2n) is 5.85. The standard InChI is InChI=1S/C15H23ClN2/c1-12-4-3-9-18(11-12)15(2,17)10-13-5-7-14(16)8-6-13/h5-8,12H,3-4,9-11,17H2,1-2H3. The molecular formula is C15H23ClN2. The van der Waals surface area contributed by atoms with Crippen LogP contribution in [-0.4, -0.2) is 23.7 Å². The van der Waals surface area contributed by atoms with Crippen molar-refractivity contribution in [1.82, 2.24) is 4.90 Å². The molecule has 1 heterocycles.